The summed E-state index contributed by atoms with van der Waals surface area (Å²) in [6, 6.07) is 5.72. The van der Waals surface area contributed by atoms with E-state index in [-0.39, 0.29) is 36.7 Å². The highest BCUT2D eigenvalue weighted by Crippen LogP contribution is 2.28. The number of aryl methyl sites for hydroxylation is 2. The fraction of sp³-hybridized carbons (Fsp3) is 0.375. The molecule has 1 atom stereocenters. The Balaban J connectivity index is 1.59. The van der Waals surface area contributed by atoms with Crippen LogP contribution in [0.3, 0.4) is 0 Å². The average molecular weight is 453 g/mol. The SMILES string of the molecule is CC(C)C(=O)CC[C@H](NC(=O)c1ccc(CCc2c[nH]c3c2C(=O)CC(N)=N3)cc1)C(=O)O. The number of amides is 1. The number of hydrogen-bond donors (Lipinski definition) is 4. The van der Waals surface area contributed by atoms with Gasteiger partial charge in [0.05, 0.1) is 12.0 Å². The van der Waals surface area contributed by atoms with Crippen LogP contribution in [0.1, 0.15) is 65.0 Å². The van der Waals surface area contributed by atoms with Gasteiger partial charge in [0.1, 0.15) is 23.5 Å². The summed E-state index contributed by atoms with van der Waals surface area (Å²) in [7, 11) is 0. The monoisotopic (exact) mass is 452 g/mol. The molecule has 0 radical (unpaired) electrons. The van der Waals surface area contributed by atoms with Gasteiger partial charge in [-0.25, -0.2) is 9.79 Å². The second kappa shape index (κ2) is 10.2. The predicted octanol–water partition coefficient (Wildman–Crippen LogP) is 2.56. The standard InChI is InChI=1S/C24H28N4O5/c1-13(2)18(29)10-9-17(24(32)33)27-23(31)15-6-3-14(4-7-15)5-8-16-12-26-22-21(16)19(30)11-20(25)28-22/h3-4,6-7,12-13,17,26H,5,8-11H2,1-2H3,(H2,25,28)(H,27,31)(H,32,33)/t17-/m0/s1. The Morgan fingerprint density at radius 3 is 2.52 bits per heavy atom. The molecule has 1 aromatic carbocycles. The highest BCUT2D eigenvalue weighted by atomic mass is 16.4. The Bertz CT molecular complexity index is 1100. The maximum absolute atomic E-state index is 12.5. The van der Waals surface area contributed by atoms with Crippen LogP contribution in [0.25, 0.3) is 0 Å². The summed E-state index contributed by atoms with van der Waals surface area (Å²) in [6.45, 7) is 3.51. The number of Topliss-reactive ketones (excluding diaryl/α,β-unsaturated/α-hetero) is 2. The first-order chi connectivity index (χ1) is 15.7. The molecule has 0 bridgehead atoms. The topological polar surface area (TPSA) is 155 Å². The van der Waals surface area contributed by atoms with Crippen molar-refractivity contribution >= 4 is 35.1 Å². The van der Waals surface area contributed by atoms with E-state index in [9.17, 15) is 24.3 Å². The molecule has 9 nitrogen and oxygen atoms in total. The highest BCUT2D eigenvalue weighted by molar-refractivity contribution is 6.15. The fourth-order valence-electron chi connectivity index (χ4n) is 3.66. The van der Waals surface area contributed by atoms with Gasteiger partial charge in [-0.3, -0.25) is 14.4 Å². The molecule has 174 valence electrons. The lowest BCUT2D eigenvalue weighted by Gasteiger charge is -2.15. The molecule has 0 saturated heterocycles. The third-order valence-electron chi connectivity index (χ3n) is 5.64. The zero-order chi connectivity index (χ0) is 24.1. The number of carbonyl (C=O) groups is 4. The molecular weight excluding hydrogens is 424 g/mol. The number of amidine groups is 1. The summed E-state index contributed by atoms with van der Waals surface area (Å²) in [6.07, 6.45) is 3.28. The van der Waals surface area contributed by atoms with Crippen molar-refractivity contribution in [2.24, 2.45) is 16.6 Å². The van der Waals surface area contributed by atoms with Gasteiger partial charge in [0.2, 0.25) is 0 Å². The lowest BCUT2D eigenvalue weighted by Crippen LogP contribution is -2.41. The molecule has 1 aliphatic rings. The predicted molar refractivity (Wildman–Crippen MR) is 123 cm³/mol. The van der Waals surface area contributed by atoms with E-state index in [1.807, 2.05) is 0 Å². The Hall–Kier alpha value is -3.75. The molecule has 33 heavy (non-hydrogen) atoms. The quantitative estimate of drug-likeness (QED) is 0.434. The number of carboxylic acid groups (broad SMARTS) is 1. The number of nitrogens with zero attached hydrogens (tertiary/aromatic N) is 1. The molecule has 0 aliphatic carbocycles. The van der Waals surface area contributed by atoms with Crippen molar-refractivity contribution in [2.75, 3.05) is 0 Å². The molecule has 0 spiro atoms. The second-order valence-corrected chi connectivity index (χ2v) is 8.46. The number of hydrogen-bond acceptors (Lipinski definition) is 6. The summed E-state index contributed by atoms with van der Waals surface area (Å²) in [5.74, 6) is -1.16. The molecule has 3 rings (SSSR count). The van der Waals surface area contributed by atoms with E-state index >= 15 is 0 Å². The van der Waals surface area contributed by atoms with Gasteiger partial charge in [-0.2, -0.15) is 0 Å². The Morgan fingerprint density at radius 1 is 1.18 bits per heavy atom. The Kier molecular flexibility index (Phi) is 7.42. The fourth-order valence-corrected chi connectivity index (χ4v) is 3.66. The van der Waals surface area contributed by atoms with Crippen molar-refractivity contribution in [2.45, 2.75) is 52.0 Å². The molecule has 2 heterocycles. The number of carboxylic acids is 1. The van der Waals surface area contributed by atoms with E-state index in [1.165, 1.54) is 0 Å². The zero-order valence-electron chi connectivity index (χ0n) is 18.7. The molecule has 9 heteroatoms. The third kappa shape index (κ3) is 5.94. The molecular formula is C24H28N4O5. The minimum Gasteiger partial charge on any atom is -0.480 e. The number of rotatable bonds is 10. The van der Waals surface area contributed by atoms with Gasteiger partial charge >= 0.3 is 5.97 Å². The van der Waals surface area contributed by atoms with Crippen LogP contribution in [0.4, 0.5) is 5.82 Å². The second-order valence-electron chi connectivity index (χ2n) is 8.46. The van der Waals surface area contributed by atoms with E-state index in [2.05, 4.69) is 15.3 Å². The molecule has 0 saturated carbocycles. The van der Waals surface area contributed by atoms with Crippen LogP contribution in [-0.4, -0.2) is 45.4 Å². The summed E-state index contributed by atoms with van der Waals surface area (Å²) in [5, 5.41) is 11.9. The Labute approximate surface area is 191 Å². The van der Waals surface area contributed by atoms with E-state index in [4.69, 9.17) is 5.73 Å². The smallest absolute Gasteiger partial charge is 0.326 e. The van der Waals surface area contributed by atoms with Gasteiger partial charge in [0.25, 0.3) is 5.91 Å². The van der Waals surface area contributed by atoms with E-state index in [0.29, 0.717) is 35.6 Å². The van der Waals surface area contributed by atoms with Crippen LogP contribution in [0.2, 0.25) is 0 Å². The normalized spacial score (nSPS) is 13.9. The van der Waals surface area contributed by atoms with Gasteiger partial charge in [0, 0.05) is 24.1 Å². The van der Waals surface area contributed by atoms with Crippen LogP contribution < -0.4 is 11.1 Å². The van der Waals surface area contributed by atoms with Gasteiger partial charge in [0.15, 0.2) is 5.78 Å². The first-order valence-corrected chi connectivity index (χ1v) is 10.9. The van der Waals surface area contributed by atoms with Crippen LogP contribution in [0.5, 0.6) is 0 Å². The number of aromatic amines is 1. The maximum atomic E-state index is 12.5. The first-order valence-electron chi connectivity index (χ1n) is 10.9. The van der Waals surface area contributed by atoms with Crippen LogP contribution in [0, 0.1) is 5.92 Å². The molecule has 5 N–H and O–H groups in total. The minimum absolute atomic E-state index is 0.0412. The number of H-pyrrole nitrogens is 1. The number of benzene rings is 1. The van der Waals surface area contributed by atoms with Crippen LogP contribution in [0.15, 0.2) is 35.5 Å². The molecule has 0 fully saturated rings. The van der Waals surface area contributed by atoms with E-state index in [1.54, 1.807) is 44.3 Å². The summed E-state index contributed by atoms with van der Waals surface area (Å²) >= 11 is 0. The Morgan fingerprint density at radius 2 is 1.88 bits per heavy atom. The van der Waals surface area contributed by atoms with Gasteiger partial charge < -0.3 is 21.1 Å². The molecule has 1 amide bonds. The van der Waals surface area contributed by atoms with Crippen LogP contribution >= 0.6 is 0 Å². The van der Waals surface area contributed by atoms with Gasteiger partial charge in [-0.1, -0.05) is 26.0 Å². The number of aromatic nitrogens is 1. The van der Waals surface area contributed by atoms with Crippen LogP contribution in [-0.2, 0) is 22.4 Å². The average Bonchev–Trinajstić information content (AvgIpc) is 3.17. The molecule has 1 aromatic heterocycles. The van der Waals surface area contributed by atoms with E-state index < -0.39 is 17.9 Å². The van der Waals surface area contributed by atoms with Crippen molar-refractivity contribution in [3.05, 3.63) is 52.7 Å². The molecule has 2 aromatic rings. The van der Waals surface area contributed by atoms with E-state index in [0.717, 1.165) is 11.1 Å². The number of nitrogens with one attached hydrogen (secondary N) is 2. The first kappa shape index (κ1) is 23.9. The van der Waals surface area contributed by atoms with Crippen molar-refractivity contribution < 1.29 is 24.3 Å². The number of carbonyl (C=O) groups excluding carboxylic acids is 3. The largest absolute Gasteiger partial charge is 0.480 e. The van der Waals surface area contributed by atoms with Gasteiger partial charge in [-0.15, -0.1) is 0 Å². The number of aliphatic imine (C=N–C) groups is 1. The highest BCUT2D eigenvalue weighted by Gasteiger charge is 2.24. The summed E-state index contributed by atoms with van der Waals surface area (Å²) in [4.78, 5) is 55.2. The number of nitrogens with two attached hydrogens (primary N) is 1. The lowest BCUT2D eigenvalue weighted by atomic mass is 9.98. The van der Waals surface area contributed by atoms with Crippen molar-refractivity contribution in [3.8, 4) is 0 Å². The summed E-state index contributed by atoms with van der Waals surface area (Å²) < 4.78 is 0. The zero-order valence-corrected chi connectivity index (χ0v) is 18.7. The third-order valence-corrected chi connectivity index (χ3v) is 5.64. The maximum Gasteiger partial charge on any atom is 0.326 e. The summed E-state index contributed by atoms with van der Waals surface area (Å²) in [5.41, 5.74) is 8.41. The number of ketones is 2. The number of aliphatic carboxylic acids is 1. The number of fused-ring (bicyclic) bond motifs is 1. The minimum atomic E-state index is -1.17. The van der Waals surface area contributed by atoms with Crippen molar-refractivity contribution in [1.82, 2.24) is 10.3 Å². The molecule has 0 unspecified atom stereocenters. The molecule has 1 aliphatic heterocycles. The lowest BCUT2D eigenvalue weighted by molar-refractivity contribution is -0.139. The van der Waals surface area contributed by atoms with Crippen molar-refractivity contribution in [1.29, 1.82) is 0 Å². The van der Waals surface area contributed by atoms with Crippen molar-refractivity contribution in [3.63, 3.8) is 0 Å². The van der Waals surface area contributed by atoms with Gasteiger partial charge in [-0.05, 0) is 42.5 Å².